The van der Waals surface area contributed by atoms with Gasteiger partial charge in [-0.05, 0) is 104 Å². The Kier molecular flexibility index (Phi) is 16.3. The fourth-order valence-electron chi connectivity index (χ4n) is 5.70. The topological polar surface area (TPSA) is 103 Å². The van der Waals surface area contributed by atoms with E-state index >= 15 is 0 Å². The Balaban J connectivity index is 3.43. The van der Waals surface area contributed by atoms with Crippen LogP contribution in [0.5, 0.6) is 0 Å². The van der Waals surface area contributed by atoms with E-state index in [1.165, 1.54) is 7.11 Å². The predicted octanol–water partition coefficient (Wildman–Crippen LogP) is 11.4. The third-order valence-corrected chi connectivity index (χ3v) is 25.4. The van der Waals surface area contributed by atoms with Crippen molar-refractivity contribution < 1.29 is 22.8 Å². The van der Waals surface area contributed by atoms with E-state index in [1.807, 2.05) is 0 Å². The van der Waals surface area contributed by atoms with Gasteiger partial charge in [0.25, 0.3) is 0 Å². The lowest BCUT2D eigenvalue weighted by atomic mass is 9.85. The van der Waals surface area contributed by atoms with Crippen LogP contribution in [0.15, 0.2) is 5.11 Å². The number of azide groups is 1. The number of carbonyl (C=O) groups is 1. The highest BCUT2D eigenvalue weighted by molar-refractivity contribution is 6.75. The first-order valence-corrected chi connectivity index (χ1v) is 26.6. The molecule has 0 heterocycles. The first-order chi connectivity index (χ1) is 20.8. The second kappa shape index (κ2) is 17.3. The zero-order chi connectivity index (χ0) is 35.8. The average molecular weight is 700 g/mol. The van der Waals surface area contributed by atoms with Crippen LogP contribution < -0.4 is 0 Å². The first-order valence-electron chi connectivity index (χ1n) is 17.9. The van der Waals surface area contributed by atoms with E-state index in [-0.39, 0.29) is 39.4 Å². The van der Waals surface area contributed by atoms with E-state index in [1.54, 1.807) is 0 Å². The molecule has 46 heavy (non-hydrogen) atoms. The number of unbranched alkanes of at least 4 members (excludes halogenated alkanes) is 3. The fourth-order valence-corrected chi connectivity index (χ4v) is 9.85. The molecule has 1 fully saturated rings. The summed E-state index contributed by atoms with van der Waals surface area (Å²) < 4.78 is 26.3. The molecule has 0 bridgehead atoms. The minimum absolute atomic E-state index is 0.0709. The van der Waals surface area contributed by atoms with Crippen LogP contribution in [0.25, 0.3) is 10.4 Å². The van der Waals surface area contributed by atoms with Crippen molar-refractivity contribution in [3.8, 4) is 0 Å². The summed E-state index contributed by atoms with van der Waals surface area (Å²) in [5, 5.41) is 4.31. The lowest BCUT2D eigenvalue weighted by Gasteiger charge is -2.41. The molecule has 1 unspecified atom stereocenters. The maximum Gasteiger partial charge on any atom is 0.305 e. The molecule has 0 saturated heterocycles. The maximum atomic E-state index is 11.6. The molecule has 0 amide bonds. The number of hydrogen-bond donors (Lipinski definition) is 0. The van der Waals surface area contributed by atoms with Crippen LogP contribution in [0.4, 0.5) is 0 Å². The van der Waals surface area contributed by atoms with Crippen molar-refractivity contribution >= 4 is 30.9 Å². The number of ether oxygens (including phenoxy) is 1. The van der Waals surface area contributed by atoms with Crippen LogP contribution in [0.2, 0.25) is 54.4 Å². The van der Waals surface area contributed by atoms with Gasteiger partial charge in [-0.15, -0.1) is 0 Å². The summed E-state index contributed by atoms with van der Waals surface area (Å²) in [6, 6.07) is 0. The van der Waals surface area contributed by atoms with Crippen LogP contribution in [0.1, 0.15) is 120 Å². The van der Waals surface area contributed by atoms with E-state index in [9.17, 15) is 10.3 Å². The number of esters is 1. The Hall–Kier alpha value is -0.689. The van der Waals surface area contributed by atoms with E-state index < -0.39 is 25.0 Å². The number of hydrogen-bond acceptors (Lipinski definition) is 6. The minimum Gasteiger partial charge on any atom is -0.469 e. The number of methoxy groups -OCH3 is 1. The largest absolute Gasteiger partial charge is 0.469 e. The Morgan fingerprint density at radius 3 is 1.65 bits per heavy atom. The number of nitrogens with zero attached hydrogens (tertiary/aromatic N) is 3. The Labute approximate surface area is 286 Å². The quantitative estimate of drug-likeness (QED) is 0.0354. The van der Waals surface area contributed by atoms with Gasteiger partial charge in [-0.1, -0.05) is 86.7 Å². The van der Waals surface area contributed by atoms with Gasteiger partial charge in [-0.2, -0.15) is 0 Å². The molecule has 0 aromatic heterocycles. The monoisotopic (exact) mass is 699 g/mol. The SMILES string of the molecule is COC(=O)CCCCCC[C@@H]1[C@@H](CCC(CN=[N+]=[N-])O[Si](C)(C)C(C)(C)C)[C@H](O[Si](C)(C)C(C)(C)C)C[C@@H]1O[Si](C)(C)C(C)(C)C. The zero-order valence-electron chi connectivity index (χ0n) is 32.8. The third-order valence-electron chi connectivity index (χ3n) is 11.8. The van der Waals surface area contributed by atoms with Gasteiger partial charge < -0.3 is 18.0 Å². The third kappa shape index (κ3) is 13.0. The molecule has 0 spiro atoms. The van der Waals surface area contributed by atoms with Crippen LogP contribution in [0, 0.1) is 11.8 Å². The molecule has 0 N–H and O–H groups in total. The molecule has 5 atom stereocenters. The van der Waals surface area contributed by atoms with Gasteiger partial charge in [0.15, 0.2) is 25.0 Å². The van der Waals surface area contributed by atoms with Crippen molar-refractivity contribution in [2.45, 2.75) is 193 Å². The highest BCUT2D eigenvalue weighted by Crippen LogP contribution is 2.49. The van der Waals surface area contributed by atoms with Crippen LogP contribution in [0.3, 0.4) is 0 Å². The number of carbonyl (C=O) groups excluding carboxylic acids is 1. The Bertz CT molecular complexity index is 995. The van der Waals surface area contributed by atoms with Gasteiger partial charge in [0, 0.05) is 11.3 Å². The van der Waals surface area contributed by atoms with Crippen molar-refractivity contribution in [1.82, 2.24) is 0 Å². The van der Waals surface area contributed by atoms with E-state index in [0.717, 1.165) is 51.4 Å². The van der Waals surface area contributed by atoms with Crippen LogP contribution in [-0.2, 0) is 22.8 Å². The predicted molar refractivity (Wildman–Crippen MR) is 201 cm³/mol. The van der Waals surface area contributed by atoms with Crippen molar-refractivity contribution in [1.29, 1.82) is 0 Å². The molecule has 1 aliphatic carbocycles. The highest BCUT2D eigenvalue weighted by Gasteiger charge is 2.51. The molecule has 270 valence electrons. The molecule has 0 aliphatic heterocycles. The van der Waals surface area contributed by atoms with Crippen LogP contribution in [-0.4, -0.2) is 62.9 Å². The molecule has 0 aromatic rings. The molecular weight excluding hydrogens is 627 g/mol. The van der Waals surface area contributed by atoms with Gasteiger partial charge in [0.05, 0.1) is 32.0 Å². The lowest BCUT2D eigenvalue weighted by Crippen LogP contribution is -2.46. The second-order valence-corrected chi connectivity index (χ2v) is 32.7. The van der Waals surface area contributed by atoms with Crippen molar-refractivity contribution in [2.24, 2.45) is 17.0 Å². The summed E-state index contributed by atoms with van der Waals surface area (Å²) >= 11 is 0. The van der Waals surface area contributed by atoms with Crippen molar-refractivity contribution in [3.05, 3.63) is 10.4 Å². The van der Waals surface area contributed by atoms with Gasteiger partial charge in [0.2, 0.25) is 0 Å². The molecule has 1 aliphatic rings. The standard InChI is InChI=1S/C35H73N3O5Si3/c1-33(2,3)44(11,12)41-27(26-37-38-36)23-24-29-28(21-19-17-18-20-22-32(39)40-10)30(42-45(13,14)34(4,5)6)25-31(29)43-46(15,16)35(7,8)9/h27-31H,17-26H2,1-16H3/t27?,28-,29-,30+,31-/m1/s1. The van der Waals surface area contributed by atoms with Crippen molar-refractivity contribution in [2.75, 3.05) is 13.7 Å². The molecule has 0 aromatic carbocycles. The first kappa shape index (κ1) is 43.3. The van der Waals surface area contributed by atoms with E-state index in [4.69, 9.17) is 18.0 Å². The summed E-state index contributed by atoms with van der Waals surface area (Å²) in [7, 11) is -4.68. The normalized spacial score (nSPS) is 22.4. The van der Waals surface area contributed by atoms with Gasteiger partial charge in [-0.25, -0.2) is 0 Å². The summed E-state index contributed by atoms with van der Waals surface area (Å²) in [6.07, 6.45) is 8.59. The lowest BCUT2D eigenvalue weighted by molar-refractivity contribution is -0.140. The summed E-state index contributed by atoms with van der Waals surface area (Å²) in [5.41, 5.74) is 9.21. The summed E-state index contributed by atoms with van der Waals surface area (Å²) in [4.78, 5) is 14.7. The van der Waals surface area contributed by atoms with E-state index in [0.29, 0.717) is 24.8 Å². The van der Waals surface area contributed by atoms with Crippen LogP contribution >= 0.6 is 0 Å². The molecular formula is C35H73N3O5Si3. The highest BCUT2D eigenvalue weighted by atomic mass is 28.4. The fraction of sp³-hybridized carbons (Fsp3) is 0.971. The van der Waals surface area contributed by atoms with Gasteiger partial charge in [-0.3, -0.25) is 4.79 Å². The van der Waals surface area contributed by atoms with Crippen molar-refractivity contribution in [3.63, 3.8) is 0 Å². The molecule has 11 heteroatoms. The molecule has 1 saturated carbocycles. The van der Waals surface area contributed by atoms with Gasteiger partial charge in [0.1, 0.15) is 0 Å². The zero-order valence-corrected chi connectivity index (χ0v) is 35.8. The molecule has 0 radical (unpaired) electrons. The molecule has 8 nitrogen and oxygen atoms in total. The number of rotatable bonds is 18. The smallest absolute Gasteiger partial charge is 0.305 e. The average Bonchev–Trinajstić information content (AvgIpc) is 3.19. The maximum absolute atomic E-state index is 11.6. The second-order valence-electron chi connectivity index (χ2n) is 18.4. The Morgan fingerprint density at radius 1 is 0.761 bits per heavy atom. The molecule has 1 rings (SSSR count). The summed E-state index contributed by atoms with van der Waals surface area (Å²) in [5.74, 6) is 0.604. The van der Waals surface area contributed by atoms with Gasteiger partial charge >= 0.3 is 5.97 Å². The van der Waals surface area contributed by atoms with E-state index in [2.05, 4.69) is 112 Å². The Morgan fingerprint density at radius 2 is 1.22 bits per heavy atom. The summed E-state index contributed by atoms with van der Waals surface area (Å²) in [6.45, 7) is 35.1. The minimum atomic E-state index is -2.06.